The van der Waals surface area contributed by atoms with Crippen LogP contribution < -0.4 is 10.1 Å². The van der Waals surface area contributed by atoms with Gasteiger partial charge in [-0.05, 0) is 56.1 Å². The summed E-state index contributed by atoms with van der Waals surface area (Å²) in [5.74, 6) is 0.872. The third kappa shape index (κ3) is 1.93. The summed E-state index contributed by atoms with van der Waals surface area (Å²) in [6.45, 7) is 0.835. The molecule has 0 aromatic heterocycles. The zero-order valence-electron chi connectivity index (χ0n) is 9.92. The fourth-order valence-electron chi connectivity index (χ4n) is 2.43. The Morgan fingerprint density at radius 2 is 2.31 bits per heavy atom. The highest BCUT2D eigenvalue weighted by Crippen LogP contribution is 2.40. The normalized spacial score (nSPS) is 23.2. The quantitative estimate of drug-likeness (QED) is 0.808. The minimum absolute atomic E-state index is 0.648. The third-order valence-corrected chi connectivity index (χ3v) is 3.41. The number of ether oxygens (including phenoxy) is 1. The lowest BCUT2D eigenvalue weighted by Gasteiger charge is -2.24. The number of methoxy groups -OCH3 is 1. The molecule has 0 fully saturated rings. The first-order valence-corrected chi connectivity index (χ1v) is 5.74. The average Bonchev–Trinajstić information content (AvgIpc) is 2.65. The Morgan fingerprint density at radius 1 is 1.50 bits per heavy atom. The summed E-state index contributed by atoms with van der Waals surface area (Å²) in [6.07, 6.45) is 2.52. The first-order chi connectivity index (χ1) is 7.69. The Bertz CT molecular complexity index is 378. The molecule has 0 radical (unpaired) electrons. The molecule has 0 aliphatic heterocycles. The van der Waals surface area contributed by atoms with Crippen LogP contribution >= 0.6 is 0 Å². The van der Waals surface area contributed by atoms with E-state index in [0.717, 1.165) is 37.1 Å². The van der Waals surface area contributed by atoms with Gasteiger partial charge in [0.1, 0.15) is 5.75 Å². The summed E-state index contributed by atoms with van der Waals surface area (Å²) >= 11 is 0. The van der Waals surface area contributed by atoms with Crippen molar-refractivity contribution < 1.29 is 9.84 Å². The van der Waals surface area contributed by atoms with Gasteiger partial charge in [-0.1, -0.05) is 6.07 Å². The molecule has 16 heavy (non-hydrogen) atoms. The second-order valence-corrected chi connectivity index (χ2v) is 4.41. The Kier molecular flexibility index (Phi) is 3.17. The van der Waals surface area contributed by atoms with Gasteiger partial charge in [-0.25, -0.2) is 0 Å². The third-order valence-electron chi connectivity index (χ3n) is 3.41. The van der Waals surface area contributed by atoms with Crippen LogP contribution in [0.1, 0.15) is 24.0 Å². The van der Waals surface area contributed by atoms with Crippen LogP contribution in [0.25, 0.3) is 0 Å². The molecule has 0 spiro atoms. The first kappa shape index (κ1) is 11.4. The number of rotatable bonds is 4. The van der Waals surface area contributed by atoms with Gasteiger partial charge in [0.25, 0.3) is 0 Å². The van der Waals surface area contributed by atoms with Crippen molar-refractivity contribution >= 4 is 0 Å². The molecule has 88 valence electrons. The topological polar surface area (TPSA) is 41.5 Å². The molecular weight excluding hydrogens is 202 g/mol. The highest BCUT2D eigenvalue weighted by molar-refractivity contribution is 5.42. The molecule has 2 N–H and O–H groups in total. The molecule has 2 rings (SSSR count). The van der Waals surface area contributed by atoms with Gasteiger partial charge in [-0.15, -0.1) is 0 Å². The van der Waals surface area contributed by atoms with Crippen molar-refractivity contribution in [1.29, 1.82) is 0 Å². The van der Waals surface area contributed by atoms with E-state index in [4.69, 9.17) is 4.74 Å². The number of fused-ring (bicyclic) bond motifs is 1. The fraction of sp³-hybridized carbons (Fsp3) is 0.538. The van der Waals surface area contributed by atoms with Crippen molar-refractivity contribution in [3.05, 3.63) is 29.3 Å². The van der Waals surface area contributed by atoms with E-state index in [0.29, 0.717) is 0 Å². The zero-order chi connectivity index (χ0) is 11.6. The van der Waals surface area contributed by atoms with E-state index in [1.165, 1.54) is 5.56 Å². The van der Waals surface area contributed by atoms with Crippen LogP contribution in [0.5, 0.6) is 5.75 Å². The lowest BCUT2D eigenvalue weighted by molar-refractivity contribution is 0.0303. The van der Waals surface area contributed by atoms with E-state index in [-0.39, 0.29) is 0 Å². The van der Waals surface area contributed by atoms with E-state index in [2.05, 4.69) is 5.32 Å². The average molecular weight is 221 g/mol. The first-order valence-electron chi connectivity index (χ1n) is 5.74. The predicted molar refractivity (Wildman–Crippen MR) is 63.8 cm³/mol. The predicted octanol–water partition coefficient (Wildman–Crippen LogP) is 1.44. The van der Waals surface area contributed by atoms with E-state index in [1.807, 2.05) is 25.2 Å². The molecule has 0 amide bonds. The summed E-state index contributed by atoms with van der Waals surface area (Å²) in [5, 5.41) is 13.6. The molecule has 1 aliphatic rings. The summed E-state index contributed by atoms with van der Waals surface area (Å²) in [6, 6.07) is 5.96. The number of nitrogens with one attached hydrogen (secondary N) is 1. The molecule has 1 aliphatic carbocycles. The summed E-state index contributed by atoms with van der Waals surface area (Å²) < 4.78 is 5.19. The van der Waals surface area contributed by atoms with E-state index >= 15 is 0 Å². The summed E-state index contributed by atoms with van der Waals surface area (Å²) in [4.78, 5) is 0. The van der Waals surface area contributed by atoms with Crippen molar-refractivity contribution in [2.75, 3.05) is 20.7 Å². The number of benzene rings is 1. The van der Waals surface area contributed by atoms with Gasteiger partial charge < -0.3 is 15.2 Å². The molecule has 1 aromatic rings. The van der Waals surface area contributed by atoms with Gasteiger partial charge in [-0.2, -0.15) is 0 Å². The van der Waals surface area contributed by atoms with Crippen molar-refractivity contribution in [3.63, 3.8) is 0 Å². The Morgan fingerprint density at radius 3 is 3.00 bits per heavy atom. The number of hydrogen-bond donors (Lipinski definition) is 2. The monoisotopic (exact) mass is 221 g/mol. The van der Waals surface area contributed by atoms with Crippen LogP contribution in [0.3, 0.4) is 0 Å². The Hall–Kier alpha value is -1.06. The van der Waals surface area contributed by atoms with E-state index < -0.39 is 5.60 Å². The largest absolute Gasteiger partial charge is 0.497 e. The van der Waals surface area contributed by atoms with Crippen LogP contribution in [0, 0.1) is 0 Å². The van der Waals surface area contributed by atoms with Gasteiger partial charge in [0, 0.05) is 0 Å². The van der Waals surface area contributed by atoms with Crippen molar-refractivity contribution in [3.8, 4) is 5.75 Å². The van der Waals surface area contributed by atoms with Gasteiger partial charge in [-0.3, -0.25) is 0 Å². The van der Waals surface area contributed by atoms with Crippen LogP contribution in [0.15, 0.2) is 18.2 Å². The molecule has 1 unspecified atom stereocenters. The minimum Gasteiger partial charge on any atom is -0.497 e. The molecule has 1 aromatic carbocycles. The van der Waals surface area contributed by atoms with Crippen LogP contribution in [-0.2, 0) is 12.0 Å². The lowest BCUT2D eigenvalue weighted by atomic mass is 9.92. The van der Waals surface area contributed by atoms with Crippen molar-refractivity contribution in [2.45, 2.75) is 24.9 Å². The number of aliphatic hydroxyl groups is 1. The second kappa shape index (κ2) is 4.44. The molecule has 0 bridgehead atoms. The molecule has 0 heterocycles. The summed E-state index contributed by atoms with van der Waals surface area (Å²) in [5.41, 5.74) is 1.64. The molecule has 3 heteroatoms. The molecule has 0 saturated heterocycles. The van der Waals surface area contributed by atoms with Crippen molar-refractivity contribution in [2.24, 2.45) is 0 Å². The maximum atomic E-state index is 10.6. The Labute approximate surface area is 96.4 Å². The van der Waals surface area contributed by atoms with Gasteiger partial charge in [0.15, 0.2) is 0 Å². The maximum Gasteiger partial charge on any atom is 0.119 e. The Balaban J connectivity index is 2.25. The highest BCUT2D eigenvalue weighted by atomic mass is 16.5. The number of aryl methyl sites for hydroxylation is 1. The zero-order valence-corrected chi connectivity index (χ0v) is 9.92. The fourth-order valence-corrected chi connectivity index (χ4v) is 2.43. The van der Waals surface area contributed by atoms with Crippen LogP contribution in [0.2, 0.25) is 0 Å². The van der Waals surface area contributed by atoms with E-state index in [9.17, 15) is 5.11 Å². The van der Waals surface area contributed by atoms with Crippen molar-refractivity contribution in [1.82, 2.24) is 5.32 Å². The molecular formula is C13H19NO2. The standard InChI is InChI=1S/C13H19NO2/c1-14-8-7-13(15)6-5-10-9-11(16-2)3-4-12(10)13/h3-4,9,14-15H,5-8H2,1-2H3. The van der Waals surface area contributed by atoms with Crippen LogP contribution in [-0.4, -0.2) is 25.8 Å². The SMILES string of the molecule is CNCCC1(O)CCc2cc(OC)ccc21. The van der Waals surface area contributed by atoms with Crippen LogP contribution in [0.4, 0.5) is 0 Å². The molecule has 0 saturated carbocycles. The molecule has 1 atom stereocenters. The smallest absolute Gasteiger partial charge is 0.119 e. The van der Waals surface area contributed by atoms with Gasteiger partial charge in [0.2, 0.25) is 0 Å². The van der Waals surface area contributed by atoms with Gasteiger partial charge in [0.05, 0.1) is 12.7 Å². The number of hydrogen-bond acceptors (Lipinski definition) is 3. The maximum absolute atomic E-state index is 10.6. The van der Waals surface area contributed by atoms with Gasteiger partial charge >= 0.3 is 0 Å². The molecule has 3 nitrogen and oxygen atoms in total. The summed E-state index contributed by atoms with van der Waals surface area (Å²) in [7, 11) is 3.58. The lowest BCUT2D eigenvalue weighted by Crippen LogP contribution is -2.27. The highest BCUT2D eigenvalue weighted by Gasteiger charge is 2.35. The van der Waals surface area contributed by atoms with E-state index in [1.54, 1.807) is 7.11 Å². The minimum atomic E-state index is -0.648. The second-order valence-electron chi connectivity index (χ2n) is 4.41.